The molecule has 2 bridgehead atoms. The van der Waals surface area contributed by atoms with Gasteiger partial charge < -0.3 is 41.5 Å². The molecule has 4 fully saturated rings. The molecule has 11 nitrogen and oxygen atoms in total. The van der Waals surface area contributed by atoms with Crippen LogP contribution in [0.3, 0.4) is 0 Å². The van der Waals surface area contributed by atoms with Crippen molar-refractivity contribution in [2.75, 3.05) is 18.5 Å². The van der Waals surface area contributed by atoms with Crippen molar-refractivity contribution in [1.29, 1.82) is 0 Å². The zero-order valence-corrected chi connectivity index (χ0v) is 29.5. The van der Waals surface area contributed by atoms with E-state index >= 15 is 0 Å². The summed E-state index contributed by atoms with van der Waals surface area (Å²) < 4.78 is 19.1. The Hall–Kier alpha value is -2.99. The lowest BCUT2D eigenvalue weighted by Crippen LogP contribution is -2.65. The number of ether oxygens (including phenoxy) is 1. The number of rotatable bonds is 18. The summed E-state index contributed by atoms with van der Waals surface area (Å²) in [5.74, 6) is 1.42. The summed E-state index contributed by atoms with van der Waals surface area (Å²) in [6, 6.07) is 5.95. The van der Waals surface area contributed by atoms with Gasteiger partial charge in [-0.05, 0) is 92.9 Å². The maximum absolute atomic E-state index is 13.8. The average molecular weight is 655 g/mol. The lowest BCUT2D eigenvalue weighted by molar-refractivity contribution is -0.199. The van der Waals surface area contributed by atoms with Crippen molar-refractivity contribution in [3.8, 4) is 5.75 Å². The van der Waals surface area contributed by atoms with Gasteiger partial charge in [-0.3, -0.25) is 9.79 Å². The Balaban J connectivity index is 1.36. The number of carbonyl (C=O) groups is 2. The molecule has 0 spiro atoms. The summed E-state index contributed by atoms with van der Waals surface area (Å²) in [6.07, 6.45) is 9.54. The first-order chi connectivity index (χ1) is 22.3. The van der Waals surface area contributed by atoms with E-state index in [4.69, 9.17) is 25.5 Å². The van der Waals surface area contributed by atoms with Gasteiger partial charge in [0.2, 0.25) is 5.91 Å². The summed E-state index contributed by atoms with van der Waals surface area (Å²) in [5.41, 5.74) is 11.4. The number of guanidine groups is 1. The van der Waals surface area contributed by atoms with Gasteiger partial charge in [-0.2, -0.15) is 0 Å². The summed E-state index contributed by atoms with van der Waals surface area (Å²) in [5, 5.41) is 8.91. The molecule has 1 heterocycles. The molecule has 12 heteroatoms. The zero-order chi connectivity index (χ0) is 34.2. The fraction of sp³-hybridized carbons (Fsp3) is 0.743. The van der Waals surface area contributed by atoms with Gasteiger partial charge >= 0.3 is 13.1 Å². The van der Waals surface area contributed by atoms with Crippen LogP contribution in [0.15, 0.2) is 29.3 Å². The van der Waals surface area contributed by atoms with E-state index in [0.717, 1.165) is 31.4 Å². The molecule has 0 radical (unpaired) electrons. The molecule has 6 atom stereocenters. The quantitative estimate of drug-likeness (QED) is 0.0615. The number of aliphatic imine (C=N–C) groups is 1. The van der Waals surface area contributed by atoms with Crippen LogP contribution in [-0.4, -0.2) is 61.9 Å². The molecular weight excluding hydrogens is 595 g/mol. The Morgan fingerprint density at radius 3 is 2.43 bits per heavy atom. The molecule has 4 aliphatic rings. The highest BCUT2D eigenvalue weighted by Crippen LogP contribution is 2.65. The van der Waals surface area contributed by atoms with Crippen LogP contribution in [0.2, 0.25) is 0 Å². The minimum atomic E-state index is -0.819. The van der Waals surface area contributed by atoms with E-state index in [1.54, 1.807) is 12.1 Å². The van der Waals surface area contributed by atoms with Crippen LogP contribution in [0.5, 0.6) is 5.75 Å². The maximum atomic E-state index is 13.8. The van der Waals surface area contributed by atoms with E-state index in [0.29, 0.717) is 49.9 Å². The monoisotopic (exact) mass is 654 g/mol. The standard InChI is InChI=1S/C35H59BN6O5/c1-7-8-9-10-11-19-45-26-16-14-25(15-17-26)40-33(44)41-27(13-12-18-39-32(37)38)31(43)42-30(20-23(2)3)36-46-29-22-24-21-28(34(24,4)5)35(29,6)47-36/h14-17,23-24,27-30H,7-13,18-22H2,1-6H3,(H,42,43)(H4,37,38,39)(H2,40,41,44)/t24-,27-,28-,29+,30-,35-/m0/s1. The molecule has 0 aromatic heterocycles. The summed E-state index contributed by atoms with van der Waals surface area (Å²) in [4.78, 5) is 31.0. The molecular formula is C35H59BN6O5. The summed E-state index contributed by atoms with van der Waals surface area (Å²) in [7, 11) is -0.556. The molecule has 262 valence electrons. The van der Waals surface area contributed by atoms with Crippen LogP contribution >= 0.6 is 0 Å². The normalized spacial score (nSPS) is 25.3. The lowest BCUT2D eigenvalue weighted by atomic mass is 9.43. The molecule has 1 aliphatic heterocycles. The minimum Gasteiger partial charge on any atom is -0.494 e. The number of hydrogen-bond acceptors (Lipinski definition) is 6. The van der Waals surface area contributed by atoms with E-state index < -0.39 is 19.2 Å². The molecule has 3 amide bonds. The fourth-order valence-electron chi connectivity index (χ4n) is 7.73. The minimum absolute atomic E-state index is 0.0100. The predicted octanol–water partition coefficient (Wildman–Crippen LogP) is 5.38. The van der Waals surface area contributed by atoms with Gasteiger partial charge in [-0.1, -0.05) is 60.3 Å². The van der Waals surface area contributed by atoms with E-state index in [1.807, 2.05) is 12.1 Å². The Bertz CT molecular complexity index is 1210. The van der Waals surface area contributed by atoms with Crippen molar-refractivity contribution in [1.82, 2.24) is 10.6 Å². The van der Waals surface area contributed by atoms with Crippen molar-refractivity contribution in [3.05, 3.63) is 24.3 Å². The van der Waals surface area contributed by atoms with Gasteiger partial charge in [0.05, 0.1) is 24.3 Å². The van der Waals surface area contributed by atoms with Crippen molar-refractivity contribution in [2.45, 2.75) is 129 Å². The van der Waals surface area contributed by atoms with Gasteiger partial charge in [0.15, 0.2) is 5.96 Å². The highest BCUT2D eigenvalue weighted by atomic mass is 16.7. The third-order valence-electron chi connectivity index (χ3n) is 10.5. The number of nitrogens with two attached hydrogens (primary N) is 2. The molecule has 47 heavy (non-hydrogen) atoms. The number of nitrogens with one attached hydrogen (secondary N) is 3. The predicted molar refractivity (Wildman–Crippen MR) is 188 cm³/mol. The Labute approximate surface area is 282 Å². The van der Waals surface area contributed by atoms with Gasteiger partial charge in [-0.25, -0.2) is 4.79 Å². The number of anilines is 1. The number of hydrogen-bond donors (Lipinski definition) is 5. The topological polar surface area (TPSA) is 162 Å². The Kier molecular flexibility index (Phi) is 12.9. The molecule has 1 aromatic carbocycles. The van der Waals surface area contributed by atoms with E-state index in [1.165, 1.54) is 19.3 Å². The van der Waals surface area contributed by atoms with Crippen LogP contribution in [-0.2, 0) is 14.1 Å². The zero-order valence-electron chi connectivity index (χ0n) is 29.5. The number of urea groups is 1. The van der Waals surface area contributed by atoms with Crippen LogP contribution in [0.1, 0.15) is 106 Å². The van der Waals surface area contributed by atoms with E-state index in [2.05, 4.69) is 62.5 Å². The fourth-order valence-corrected chi connectivity index (χ4v) is 7.73. The second-order valence-electron chi connectivity index (χ2n) is 15.0. The second-order valence-corrected chi connectivity index (χ2v) is 15.0. The number of unbranched alkanes of at least 4 members (excludes halogenated alkanes) is 4. The van der Waals surface area contributed by atoms with Gasteiger partial charge in [0.25, 0.3) is 0 Å². The summed E-state index contributed by atoms with van der Waals surface area (Å²) in [6.45, 7) is 14.3. The smallest absolute Gasteiger partial charge is 0.481 e. The Morgan fingerprint density at radius 1 is 1.04 bits per heavy atom. The van der Waals surface area contributed by atoms with Crippen LogP contribution < -0.4 is 32.2 Å². The van der Waals surface area contributed by atoms with Crippen molar-refractivity contribution >= 4 is 30.7 Å². The SMILES string of the molecule is CCCCCCCOc1ccc(NC(=O)N[C@@H](CCCN=C(N)N)C(=O)N[C@@H](CC(C)C)B2O[C@@H]3C[C@@H]4C[C@@H](C4(C)C)[C@]3(C)O2)cc1. The average Bonchev–Trinajstić information content (AvgIpc) is 3.37. The van der Waals surface area contributed by atoms with E-state index in [9.17, 15) is 9.59 Å². The number of carbonyl (C=O) groups excluding carboxylic acids is 2. The molecule has 1 aromatic rings. The highest BCUT2D eigenvalue weighted by Gasteiger charge is 2.68. The molecule has 3 aliphatic carbocycles. The third-order valence-corrected chi connectivity index (χ3v) is 10.5. The van der Waals surface area contributed by atoms with Gasteiger partial charge in [0.1, 0.15) is 11.8 Å². The van der Waals surface area contributed by atoms with Gasteiger partial charge in [0, 0.05) is 12.2 Å². The van der Waals surface area contributed by atoms with Gasteiger partial charge in [-0.15, -0.1) is 0 Å². The molecule has 0 unspecified atom stereocenters. The first-order valence-corrected chi connectivity index (χ1v) is 17.8. The first kappa shape index (κ1) is 36.8. The summed E-state index contributed by atoms with van der Waals surface area (Å²) >= 11 is 0. The van der Waals surface area contributed by atoms with Crippen molar-refractivity contribution in [3.63, 3.8) is 0 Å². The third kappa shape index (κ3) is 9.56. The molecule has 3 saturated carbocycles. The second kappa shape index (κ2) is 16.4. The number of nitrogens with zero attached hydrogens (tertiary/aromatic N) is 1. The molecule has 7 N–H and O–H groups in total. The number of amides is 3. The van der Waals surface area contributed by atoms with Crippen LogP contribution in [0.25, 0.3) is 0 Å². The van der Waals surface area contributed by atoms with Crippen LogP contribution in [0.4, 0.5) is 10.5 Å². The largest absolute Gasteiger partial charge is 0.494 e. The van der Waals surface area contributed by atoms with E-state index in [-0.39, 0.29) is 40.8 Å². The number of benzene rings is 1. The lowest BCUT2D eigenvalue weighted by Gasteiger charge is -2.64. The highest BCUT2D eigenvalue weighted by molar-refractivity contribution is 6.48. The van der Waals surface area contributed by atoms with Crippen molar-refractivity contribution < 1.29 is 23.6 Å². The first-order valence-electron chi connectivity index (χ1n) is 17.8. The van der Waals surface area contributed by atoms with Crippen molar-refractivity contribution in [2.24, 2.45) is 39.6 Å². The maximum Gasteiger partial charge on any atom is 0.481 e. The molecule has 5 rings (SSSR count). The van der Waals surface area contributed by atoms with Crippen LogP contribution in [0, 0.1) is 23.2 Å². The Morgan fingerprint density at radius 2 is 1.77 bits per heavy atom. The molecule has 1 saturated heterocycles.